The first-order chi connectivity index (χ1) is 13.5. The average Bonchev–Trinajstić information content (AvgIpc) is 3.24. The molecule has 0 unspecified atom stereocenters. The van der Waals surface area contributed by atoms with Crippen LogP contribution in [0.5, 0.6) is 0 Å². The van der Waals surface area contributed by atoms with Crippen LogP contribution >= 0.6 is 0 Å². The van der Waals surface area contributed by atoms with Crippen LogP contribution in [-0.2, 0) is 19.1 Å². The first-order valence-electron chi connectivity index (χ1n) is 10.2. The van der Waals surface area contributed by atoms with Crippen molar-refractivity contribution in [3.05, 3.63) is 24.3 Å². The molecular weight excluding hydrogens is 360 g/mol. The molecule has 0 spiro atoms. The number of aliphatic carboxylic acids is 1. The zero-order valence-corrected chi connectivity index (χ0v) is 16.6. The number of ether oxygens (including phenoxy) is 1. The summed E-state index contributed by atoms with van der Waals surface area (Å²) in [4.78, 5) is 34.3. The van der Waals surface area contributed by atoms with Gasteiger partial charge in [-0.1, -0.05) is 24.3 Å². The van der Waals surface area contributed by atoms with Gasteiger partial charge in [-0.25, -0.2) is 0 Å². The van der Waals surface area contributed by atoms with Crippen molar-refractivity contribution < 1.29 is 24.2 Å². The van der Waals surface area contributed by atoms with E-state index in [0.29, 0.717) is 25.4 Å². The predicted octanol–water partition coefficient (Wildman–Crippen LogP) is 2.18. The Morgan fingerprint density at radius 1 is 1.04 bits per heavy atom. The van der Waals surface area contributed by atoms with Crippen LogP contribution in [0.2, 0.25) is 0 Å². The Morgan fingerprint density at radius 2 is 1.75 bits per heavy atom. The first-order valence-corrected chi connectivity index (χ1v) is 10.2. The maximum Gasteiger partial charge on any atom is 0.303 e. The topological polar surface area (TPSA) is 105 Å². The lowest BCUT2D eigenvalue weighted by molar-refractivity contribution is -0.137. The number of rotatable bonds is 12. The Bertz CT molecular complexity index is 602. The SMILES string of the molecule is CC=CCNC(=O)CC(=O)NC[C@H]1[C@@H](CC=CCCCC(=O)O)[C@H]2CC[C@@H]1O2. The Morgan fingerprint density at radius 3 is 2.46 bits per heavy atom. The first kappa shape index (κ1) is 22.1. The molecule has 2 fully saturated rings. The van der Waals surface area contributed by atoms with Gasteiger partial charge in [-0.3, -0.25) is 14.4 Å². The van der Waals surface area contributed by atoms with E-state index < -0.39 is 5.97 Å². The molecule has 4 atom stereocenters. The minimum absolute atomic E-state index is 0.159. The molecule has 2 heterocycles. The van der Waals surface area contributed by atoms with Gasteiger partial charge in [0.1, 0.15) is 6.42 Å². The van der Waals surface area contributed by atoms with Gasteiger partial charge >= 0.3 is 5.97 Å². The van der Waals surface area contributed by atoms with E-state index in [1.165, 1.54) is 0 Å². The summed E-state index contributed by atoms with van der Waals surface area (Å²) < 4.78 is 6.04. The largest absolute Gasteiger partial charge is 0.481 e. The Hall–Kier alpha value is -2.15. The van der Waals surface area contributed by atoms with Crippen molar-refractivity contribution in [2.75, 3.05) is 13.1 Å². The molecule has 0 aliphatic carbocycles. The second-order valence-corrected chi connectivity index (χ2v) is 7.47. The number of carboxylic acids is 1. The highest BCUT2D eigenvalue weighted by molar-refractivity contribution is 5.96. The van der Waals surface area contributed by atoms with E-state index in [1.807, 2.05) is 25.2 Å². The van der Waals surface area contributed by atoms with E-state index in [4.69, 9.17) is 9.84 Å². The summed E-state index contributed by atoms with van der Waals surface area (Å²) in [6, 6.07) is 0. The molecule has 2 rings (SSSR count). The number of allylic oxidation sites excluding steroid dienone is 3. The fraction of sp³-hybridized carbons (Fsp3) is 0.667. The van der Waals surface area contributed by atoms with Crippen LogP contribution in [0.15, 0.2) is 24.3 Å². The van der Waals surface area contributed by atoms with Gasteiger partial charge in [-0.15, -0.1) is 0 Å². The van der Waals surface area contributed by atoms with Crippen molar-refractivity contribution >= 4 is 17.8 Å². The summed E-state index contributed by atoms with van der Waals surface area (Å²) in [7, 11) is 0. The van der Waals surface area contributed by atoms with Gasteiger partial charge in [0, 0.05) is 25.4 Å². The smallest absolute Gasteiger partial charge is 0.303 e. The summed E-state index contributed by atoms with van der Waals surface area (Å²) in [5, 5.41) is 14.2. The number of fused-ring (bicyclic) bond motifs is 2. The second kappa shape index (κ2) is 11.6. The molecule has 2 bridgehead atoms. The van der Waals surface area contributed by atoms with E-state index in [2.05, 4.69) is 16.7 Å². The molecule has 0 radical (unpaired) electrons. The van der Waals surface area contributed by atoms with Gasteiger partial charge in [-0.2, -0.15) is 0 Å². The van der Waals surface area contributed by atoms with Crippen LogP contribution in [-0.4, -0.2) is 48.2 Å². The van der Waals surface area contributed by atoms with Crippen molar-refractivity contribution in [2.45, 2.75) is 64.1 Å². The molecule has 2 aliphatic heterocycles. The molecule has 0 aromatic carbocycles. The molecule has 7 nitrogen and oxygen atoms in total. The summed E-state index contributed by atoms with van der Waals surface area (Å²) in [6.45, 7) is 2.83. The van der Waals surface area contributed by atoms with E-state index in [0.717, 1.165) is 25.7 Å². The second-order valence-electron chi connectivity index (χ2n) is 7.47. The van der Waals surface area contributed by atoms with E-state index in [9.17, 15) is 14.4 Å². The number of carbonyl (C=O) groups excluding carboxylic acids is 2. The average molecular weight is 392 g/mol. The van der Waals surface area contributed by atoms with Crippen molar-refractivity contribution in [3.63, 3.8) is 0 Å². The van der Waals surface area contributed by atoms with Gasteiger partial charge in [0.05, 0.1) is 12.2 Å². The Balaban J connectivity index is 1.73. The van der Waals surface area contributed by atoms with Crippen LogP contribution in [0.25, 0.3) is 0 Å². The van der Waals surface area contributed by atoms with Gasteiger partial charge in [-0.05, 0) is 44.9 Å². The van der Waals surface area contributed by atoms with Crippen LogP contribution in [0.4, 0.5) is 0 Å². The van der Waals surface area contributed by atoms with E-state index in [-0.39, 0.29) is 42.8 Å². The third kappa shape index (κ3) is 7.11. The molecule has 0 saturated carbocycles. The number of nitrogens with one attached hydrogen (secondary N) is 2. The van der Waals surface area contributed by atoms with Crippen molar-refractivity contribution in [1.29, 1.82) is 0 Å². The van der Waals surface area contributed by atoms with Crippen LogP contribution < -0.4 is 10.6 Å². The van der Waals surface area contributed by atoms with Gasteiger partial charge < -0.3 is 20.5 Å². The quantitative estimate of drug-likeness (QED) is 0.268. The summed E-state index contributed by atoms with van der Waals surface area (Å²) in [5.41, 5.74) is 0. The molecule has 0 aromatic heterocycles. The maximum absolute atomic E-state index is 12.1. The van der Waals surface area contributed by atoms with Crippen LogP contribution in [0.3, 0.4) is 0 Å². The van der Waals surface area contributed by atoms with Crippen LogP contribution in [0, 0.1) is 11.8 Å². The molecule has 2 amide bonds. The number of carbonyl (C=O) groups is 3. The third-order valence-corrected chi connectivity index (χ3v) is 5.44. The highest BCUT2D eigenvalue weighted by atomic mass is 16.5. The molecule has 2 aliphatic rings. The maximum atomic E-state index is 12.1. The predicted molar refractivity (Wildman–Crippen MR) is 106 cm³/mol. The number of carboxylic acid groups (broad SMARTS) is 1. The standard InChI is InChI=1S/C21H32N2O5/c1-2-3-12-22-19(24)13-20(25)23-14-16-15(17-10-11-18(16)28-17)8-6-4-5-7-9-21(26)27/h2-4,6,15-18H,5,7-14H2,1H3,(H,22,24)(H,23,25)(H,26,27)/t15-,16+,17-,18+/m1/s1. The van der Waals surface area contributed by atoms with Crippen LogP contribution in [0.1, 0.15) is 51.9 Å². The normalized spacial score (nSPS) is 26.2. The lowest BCUT2D eigenvalue weighted by Gasteiger charge is -2.27. The van der Waals surface area contributed by atoms with Gasteiger partial charge in [0.2, 0.25) is 11.8 Å². The molecule has 3 N–H and O–H groups in total. The summed E-state index contributed by atoms with van der Waals surface area (Å²) in [6.07, 6.45) is 12.6. The molecule has 0 aromatic rings. The zero-order valence-electron chi connectivity index (χ0n) is 16.6. The minimum atomic E-state index is -0.763. The van der Waals surface area contributed by atoms with Crippen molar-refractivity contribution in [1.82, 2.24) is 10.6 Å². The lowest BCUT2D eigenvalue weighted by atomic mass is 9.77. The van der Waals surface area contributed by atoms with Gasteiger partial charge in [0.25, 0.3) is 0 Å². The Labute approximate surface area is 166 Å². The highest BCUT2D eigenvalue weighted by Crippen LogP contribution is 2.44. The summed E-state index contributed by atoms with van der Waals surface area (Å²) in [5.74, 6) is -0.679. The van der Waals surface area contributed by atoms with Crippen molar-refractivity contribution in [3.8, 4) is 0 Å². The number of hydrogen-bond donors (Lipinski definition) is 3. The fourth-order valence-electron chi connectivity index (χ4n) is 4.02. The molecular formula is C21H32N2O5. The van der Waals surface area contributed by atoms with E-state index >= 15 is 0 Å². The Kier molecular flexibility index (Phi) is 9.20. The molecule has 156 valence electrons. The summed E-state index contributed by atoms with van der Waals surface area (Å²) >= 11 is 0. The fourth-order valence-corrected chi connectivity index (χ4v) is 4.02. The monoisotopic (exact) mass is 392 g/mol. The van der Waals surface area contributed by atoms with Gasteiger partial charge in [0.15, 0.2) is 0 Å². The third-order valence-electron chi connectivity index (χ3n) is 5.44. The molecule has 7 heteroatoms. The highest BCUT2D eigenvalue weighted by Gasteiger charge is 2.47. The number of hydrogen-bond acceptors (Lipinski definition) is 4. The molecule has 2 saturated heterocycles. The molecule has 28 heavy (non-hydrogen) atoms. The zero-order chi connectivity index (χ0) is 20.4. The van der Waals surface area contributed by atoms with E-state index in [1.54, 1.807) is 0 Å². The van der Waals surface area contributed by atoms with Crippen molar-refractivity contribution in [2.24, 2.45) is 11.8 Å². The number of amides is 2. The lowest BCUT2D eigenvalue weighted by Crippen LogP contribution is -2.39. The minimum Gasteiger partial charge on any atom is -0.481 e. The number of unbranched alkanes of at least 4 members (excludes halogenated alkanes) is 1.